The van der Waals surface area contributed by atoms with Crippen LogP contribution in [0.15, 0.2) is 0 Å². The van der Waals surface area contributed by atoms with Gasteiger partial charge in [0, 0.05) is 26.1 Å². The standard InChI is InChI=1S/C10H17O3P/c1-5-6-7-9(2)10(11)8-14(4,12)13-3/h9H,7-8H2,1-4H3. The molecule has 0 aliphatic rings. The number of hydrogen-bond donors (Lipinski definition) is 0. The van der Waals surface area contributed by atoms with Gasteiger partial charge in [0.25, 0.3) is 0 Å². The molecule has 0 N–H and O–H groups in total. The third-order valence-electron chi connectivity index (χ3n) is 1.96. The second-order valence-electron chi connectivity index (χ2n) is 3.35. The molecule has 0 saturated heterocycles. The molecule has 2 unspecified atom stereocenters. The number of carbonyl (C=O) groups is 1. The highest BCUT2D eigenvalue weighted by Gasteiger charge is 2.22. The van der Waals surface area contributed by atoms with Crippen molar-refractivity contribution >= 4 is 13.2 Å². The fourth-order valence-electron chi connectivity index (χ4n) is 0.872. The maximum absolute atomic E-state index is 11.5. The molecule has 3 nitrogen and oxygen atoms in total. The van der Waals surface area contributed by atoms with Crippen LogP contribution in [0.2, 0.25) is 0 Å². The van der Waals surface area contributed by atoms with Crippen molar-refractivity contribution in [2.45, 2.75) is 20.3 Å². The molecule has 0 aromatic rings. The minimum atomic E-state index is -2.71. The van der Waals surface area contributed by atoms with Crippen LogP contribution in [0.25, 0.3) is 0 Å². The lowest BCUT2D eigenvalue weighted by Crippen LogP contribution is -2.15. The van der Waals surface area contributed by atoms with Gasteiger partial charge in [-0.15, -0.1) is 11.8 Å². The van der Waals surface area contributed by atoms with Crippen molar-refractivity contribution in [1.29, 1.82) is 0 Å². The van der Waals surface area contributed by atoms with Crippen LogP contribution in [-0.4, -0.2) is 25.7 Å². The molecule has 80 valence electrons. The topological polar surface area (TPSA) is 43.4 Å². The van der Waals surface area contributed by atoms with E-state index in [1.54, 1.807) is 13.8 Å². The van der Waals surface area contributed by atoms with Crippen LogP contribution in [0, 0.1) is 17.8 Å². The van der Waals surface area contributed by atoms with Crippen molar-refractivity contribution in [3.05, 3.63) is 0 Å². The zero-order valence-corrected chi connectivity index (χ0v) is 10.1. The first-order chi connectivity index (χ1) is 6.43. The first-order valence-electron chi connectivity index (χ1n) is 4.47. The van der Waals surface area contributed by atoms with Crippen molar-refractivity contribution in [2.24, 2.45) is 5.92 Å². The molecule has 2 atom stereocenters. The average Bonchev–Trinajstić information content (AvgIpc) is 2.13. The number of hydrogen-bond acceptors (Lipinski definition) is 3. The molecule has 0 amide bonds. The lowest BCUT2D eigenvalue weighted by Gasteiger charge is -2.12. The summed E-state index contributed by atoms with van der Waals surface area (Å²) in [6, 6.07) is 0. The van der Waals surface area contributed by atoms with E-state index in [0.717, 1.165) is 0 Å². The summed E-state index contributed by atoms with van der Waals surface area (Å²) in [6.07, 6.45) is 0.537. The summed E-state index contributed by atoms with van der Waals surface area (Å²) in [6.45, 7) is 5.00. The third kappa shape index (κ3) is 5.21. The second-order valence-corrected chi connectivity index (χ2v) is 6.06. The van der Waals surface area contributed by atoms with Crippen LogP contribution in [0.5, 0.6) is 0 Å². The quantitative estimate of drug-likeness (QED) is 0.522. The Kier molecular flexibility index (Phi) is 5.76. The van der Waals surface area contributed by atoms with Gasteiger partial charge in [0.1, 0.15) is 5.78 Å². The number of ketones is 1. The van der Waals surface area contributed by atoms with Crippen molar-refractivity contribution in [1.82, 2.24) is 0 Å². The van der Waals surface area contributed by atoms with Crippen molar-refractivity contribution in [3.8, 4) is 11.8 Å². The maximum Gasteiger partial charge on any atom is 0.207 e. The van der Waals surface area contributed by atoms with Crippen LogP contribution < -0.4 is 0 Å². The lowest BCUT2D eigenvalue weighted by atomic mass is 10.0. The minimum Gasteiger partial charge on any atom is -0.332 e. The average molecular weight is 216 g/mol. The Bertz CT molecular complexity index is 298. The highest BCUT2D eigenvalue weighted by molar-refractivity contribution is 7.59. The fraction of sp³-hybridized carbons (Fsp3) is 0.700. The normalized spacial score (nSPS) is 16.3. The van der Waals surface area contributed by atoms with Crippen LogP contribution in [-0.2, 0) is 13.9 Å². The Morgan fingerprint density at radius 1 is 1.57 bits per heavy atom. The van der Waals surface area contributed by atoms with Gasteiger partial charge in [-0.1, -0.05) is 6.92 Å². The molecule has 0 aromatic carbocycles. The van der Waals surface area contributed by atoms with Gasteiger partial charge in [-0.25, -0.2) is 0 Å². The summed E-state index contributed by atoms with van der Waals surface area (Å²) in [5, 5.41) is 0. The van der Waals surface area contributed by atoms with Gasteiger partial charge in [-0.3, -0.25) is 9.36 Å². The van der Waals surface area contributed by atoms with E-state index in [4.69, 9.17) is 4.52 Å². The summed E-state index contributed by atoms with van der Waals surface area (Å²) < 4.78 is 16.3. The zero-order valence-electron chi connectivity index (χ0n) is 9.16. The van der Waals surface area contributed by atoms with E-state index in [2.05, 4.69) is 11.8 Å². The molecule has 0 radical (unpaired) electrons. The van der Waals surface area contributed by atoms with Gasteiger partial charge >= 0.3 is 0 Å². The molecule has 0 bridgehead atoms. The van der Waals surface area contributed by atoms with Crippen molar-refractivity contribution in [3.63, 3.8) is 0 Å². The molecule has 4 heteroatoms. The van der Waals surface area contributed by atoms with E-state index >= 15 is 0 Å². The van der Waals surface area contributed by atoms with Gasteiger partial charge in [0.15, 0.2) is 0 Å². The second kappa shape index (κ2) is 6.01. The Morgan fingerprint density at radius 2 is 2.14 bits per heavy atom. The molecule has 0 saturated carbocycles. The molecule has 14 heavy (non-hydrogen) atoms. The van der Waals surface area contributed by atoms with Crippen LogP contribution in [0.4, 0.5) is 0 Å². The van der Waals surface area contributed by atoms with E-state index in [9.17, 15) is 9.36 Å². The van der Waals surface area contributed by atoms with E-state index < -0.39 is 7.37 Å². The van der Waals surface area contributed by atoms with E-state index in [0.29, 0.717) is 6.42 Å². The van der Waals surface area contributed by atoms with Gasteiger partial charge in [0.2, 0.25) is 7.37 Å². The first-order valence-corrected chi connectivity index (χ1v) is 6.73. The number of Topliss-reactive ketones (excluding diaryl/α,β-unsaturated/α-hetero) is 1. The van der Waals surface area contributed by atoms with Gasteiger partial charge in [0.05, 0.1) is 6.16 Å². The van der Waals surface area contributed by atoms with E-state index in [1.807, 2.05) is 0 Å². The molecule has 0 aliphatic heterocycles. The SMILES string of the molecule is CC#CCC(C)C(=O)CP(C)(=O)OC. The first kappa shape index (κ1) is 13.4. The number of carbonyl (C=O) groups excluding carboxylic acids is 1. The lowest BCUT2D eigenvalue weighted by molar-refractivity contribution is -0.119. The molecule has 0 aliphatic carbocycles. The van der Waals surface area contributed by atoms with Crippen LogP contribution >= 0.6 is 7.37 Å². The molecule has 0 spiro atoms. The van der Waals surface area contributed by atoms with Gasteiger partial charge in [-0.2, -0.15) is 0 Å². The summed E-state index contributed by atoms with van der Waals surface area (Å²) >= 11 is 0. The predicted octanol–water partition coefficient (Wildman–Crippen LogP) is 2.16. The summed E-state index contributed by atoms with van der Waals surface area (Å²) in [5.74, 6) is 5.36. The molecular formula is C10H17O3P. The molecule has 0 fully saturated rings. The number of rotatable bonds is 5. The third-order valence-corrected chi connectivity index (χ3v) is 3.62. The summed E-state index contributed by atoms with van der Waals surface area (Å²) in [5.41, 5.74) is 0. The predicted molar refractivity (Wildman–Crippen MR) is 57.6 cm³/mol. The Morgan fingerprint density at radius 3 is 2.57 bits per heavy atom. The zero-order chi connectivity index (χ0) is 11.2. The summed E-state index contributed by atoms with van der Waals surface area (Å²) in [7, 11) is -1.35. The highest BCUT2D eigenvalue weighted by Crippen LogP contribution is 2.41. The van der Waals surface area contributed by atoms with Crippen molar-refractivity contribution in [2.75, 3.05) is 19.9 Å². The maximum atomic E-state index is 11.5. The molecular weight excluding hydrogens is 199 g/mol. The van der Waals surface area contributed by atoms with Gasteiger partial charge in [-0.05, 0) is 6.92 Å². The molecule has 0 aromatic heterocycles. The molecule has 0 rings (SSSR count). The van der Waals surface area contributed by atoms with Gasteiger partial charge < -0.3 is 4.52 Å². The van der Waals surface area contributed by atoms with E-state index in [1.165, 1.54) is 13.8 Å². The Labute approximate surface area is 85.7 Å². The monoisotopic (exact) mass is 216 g/mol. The van der Waals surface area contributed by atoms with E-state index in [-0.39, 0.29) is 17.9 Å². The Balaban J connectivity index is 4.19. The van der Waals surface area contributed by atoms with Crippen LogP contribution in [0.3, 0.4) is 0 Å². The fourth-order valence-corrected chi connectivity index (χ4v) is 1.88. The largest absolute Gasteiger partial charge is 0.332 e. The smallest absolute Gasteiger partial charge is 0.207 e. The highest BCUT2D eigenvalue weighted by atomic mass is 31.2. The Hall–Kier alpha value is -0.580. The molecule has 0 heterocycles. The van der Waals surface area contributed by atoms with Crippen molar-refractivity contribution < 1.29 is 13.9 Å². The minimum absolute atomic E-state index is 0.00998. The van der Waals surface area contributed by atoms with Crippen LogP contribution in [0.1, 0.15) is 20.3 Å². The summed E-state index contributed by atoms with van der Waals surface area (Å²) in [4.78, 5) is 11.5.